The molecule has 0 spiro atoms. The van der Waals surface area contributed by atoms with Gasteiger partial charge in [-0.25, -0.2) is 0 Å². The quantitative estimate of drug-likeness (QED) is 0.925. The Labute approximate surface area is 128 Å². The first-order valence-corrected chi connectivity index (χ1v) is 7.76. The monoisotopic (exact) mass is 314 g/mol. The van der Waals surface area contributed by atoms with E-state index in [2.05, 4.69) is 9.80 Å². The summed E-state index contributed by atoms with van der Waals surface area (Å²) in [6.45, 7) is 3.97. The highest BCUT2D eigenvalue weighted by Gasteiger charge is 2.41. The summed E-state index contributed by atoms with van der Waals surface area (Å²) in [4.78, 5) is 4.59. The molecule has 0 bridgehead atoms. The number of fused-ring (bicyclic) bond motifs is 1. The standard InChI is InChI=1S/C16H21F3N2O/c17-16(18,19)13-2-4-14(5-3-13)21-8-6-12-10-20(7-1-9-22)11-15(12)21/h2-5,12,15,22H,1,6-11H2. The molecule has 1 aromatic carbocycles. The normalized spacial score (nSPS) is 25.7. The second kappa shape index (κ2) is 6.08. The maximum atomic E-state index is 12.6. The third kappa shape index (κ3) is 3.08. The first kappa shape index (κ1) is 15.6. The van der Waals surface area contributed by atoms with Gasteiger partial charge in [-0.05, 0) is 43.0 Å². The number of hydrogen-bond donors (Lipinski definition) is 1. The van der Waals surface area contributed by atoms with Gasteiger partial charge in [0, 0.05) is 44.5 Å². The number of aliphatic hydroxyl groups is 1. The lowest BCUT2D eigenvalue weighted by Crippen LogP contribution is -2.35. The summed E-state index contributed by atoms with van der Waals surface area (Å²) in [6.07, 6.45) is -2.42. The summed E-state index contributed by atoms with van der Waals surface area (Å²) in [5.74, 6) is 0.584. The van der Waals surface area contributed by atoms with Crippen LogP contribution >= 0.6 is 0 Å². The van der Waals surface area contributed by atoms with Gasteiger partial charge < -0.3 is 14.9 Å². The third-order valence-electron chi connectivity index (χ3n) is 4.78. The molecule has 0 aromatic heterocycles. The van der Waals surface area contributed by atoms with Gasteiger partial charge in [0.15, 0.2) is 0 Å². The van der Waals surface area contributed by atoms with Crippen LogP contribution in [0.2, 0.25) is 0 Å². The lowest BCUT2D eigenvalue weighted by Gasteiger charge is -2.27. The average Bonchev–Trinajstić information content (AvgIpc) is 3.04. The minimum Gasteiger partial charge on any atom is -0.396 e. The van der Waals surface area contributed by atoms with Gasteiger partial charge in [0.05, 0.1) is 5.56 Å². The topological polar surface area (TPSA) is 26.7 Å². The second-order valence-electron chi connectivity index (χ2n) is 6.19. The van der Waals surface area contributed by atoms with Gasteiger partial charge in [0.2, 0.25) is 0 Å². The van der Waals surface area contributed by atoms with Crippen molar-refractivity contribution in [2.75, 3.05) is 37.7 Å². The molecule has 3 nitrogen and oxygen atoms in total. The van der Waals surface area contributed by atoms with Crippen LogP contribution in [0.25, 0.3) is 0 Å². The molecule has 1 N–H and O–H groups in total. The van der Waals surface area contributed by atoms with E-state index in [9.17, 15) is 13.2 Å². The van der Waals surface area contributed by atoms with E-state index in [0.29, 0.717) is 12.0 Å². The highest BCUT2D eigenvalue weighted by Crippen LogP contribution is 2.36. The summed E-state index contributed by atoms with van der Waals surface area (Å²) >= 11 is 0. The van der Waals surface area contributed by atoms with E-state index in [0.717, 1.165) is 44.7 Å². The molecule has 0 aliphatic carbocycles. The summed E-state index contributed by atoms with van der Waals surface area (Å²) in [5.41, 5.74) is 0.285. The SMILES string of the molecule is OCCCN1CC2CCN(c3ccc(C(F)(F)F)cc3)C2C1. The van der Waals surface area contributed by atoms with Gasteiger partial charge in [0.25, 0.3) is 0 Å². The third-order valence-corrected chi connectivity index (χ3v) is 4.78. The van der Waals surface area contributed by atoms with Crippen LogP contribution in [0, 0.1) is 5.92 Å². The molecule has 22 heavy (non-hydrogen) atoms. The molecule has 2 aliphatic rings. The van der Waals surface area contributed by atoms with Crippen LogP contribution in [-0.4, -0.2) is 48.8 Å². The van der Waals surface area contributed by atoms with Crippen LogP contribution in [0.3, 0.4) is 0 Å². The number of alkyl halides is 3. The molecule has 2 aliphatic heterocycles. The molecule has 3 rings (SSSR count). The summed E-state index contributed by atoms with van der Waals surface area (Å²) in [5, 5.41) is 8.92. The average molecular weight is 314 g/mol. The van der Waals surface area contributed by atoms with Gasteiger partial charge in [0.1, 0.15) is 0 Å². The molecule has 2 atom stereocenters. The first-order valence-electron chi connectivity index (χ1n) is 7.76. The fourth-order valence-electron chi connectivity index (χ4n) is 3.69. The van der Waals surface area contributed by atoms with Crippen LogP contribution in [0.5, 0.6) is 0 Å². The Morgan fingerprint density at radius 3 is 2.50 bits per heavy atom. The van der Waals surface area contributed by atoms with Crippen LogP contribution in [-0.2, 0) is 6.18 Å². The Morgan fingerprint density at radius 2 is 1.86 bits per heavy atom. The van der Waals surface area contributed by atoms with Crippen LogP contribution in [0.15, 0.2) is 24.3 Å². The van der Waals surface area contributed by atoms with E-state index in [1.807, 2.05) is 0 Å². The molecule has 2 heterocycles. The molecule has 1 aromatic rings. The molecule has 2 unspecified atom stereocenters. The Kier molecular flexibility index (Phi) is 4.32. The van der Waals surface area contributed by atoms with E-state index in [1.165, 1.54) is 12.1 Å². The van der Waals surface area contributed by atoms with Crippen molar-refractivity contribution < 1.29 is 18.3 Å². The lowest BCUT2D eigenvalue weighted by atomic mass is 10.0. The molecular formula is C16H21F3N2O. The van der Waals surface area contributed by atoms with E-state index in [4.69, 9.17) is 5.11 Å². The number of hydrogen-bond acceptors (Lipinski definition) is 3. The van der Waals surface area contributed by atoms with Crippen molar-refractivity contribution in [2.45, 2.75) is 25.1 Å². The number of halogens is 3. The minimum atomic E-state index is -4.28. The largest absolute Gasteiger partial charge is 0.416 e. The van der Waals surface area contributed by atoms with Gasteiger partial charge in [-0.1, -0.05) is 0 Å². The number of aliphatic hydroxyl groups excluding tert-OH is 1. The Balaban J connectivity index is 1.68. The number of anilines is 1. The molecule has 0 amide bonds. The van der Waals surface area contributed by atoms with Crippen LogP contribution in [0.1, 0.15) is 18.4 Å². The molecule has 6 heteroatoms. The fraction of sp³-hybridized carbons (Fsp3) is 0.625. The molecule has 122 valence electrons. The van der Waals surface area contributed by atoms with Crippen molar-refractivity contribution in [2.24, 2.45) is 5.92 Å². The zero-order valence-corrected chi connectivity index (χ0v) is 12.4. The second-order valence-corrected chi connectivity index (χ2v) is 6.19. The first-order chi connectivity index (χ1) is 10.5. The van der Waals surface area contributed by atoms with Gasteiger partial charge in [-0.3, -0.25) is 0 Å². The molecule has 0 radical (unpaired) electrons. The van der Waals surface area contributed by atoms with Crippen molar-refractivity contribution in [3.05, 3.63) is 29.8 Å². The van der Waals surface area contributed by atoms with E-state index >= 15 is 0 Å². The van der Waals surface area contributed by atoms with Crippen molar-refractivity contribution in [3.63, 3.8) is 0 Å². The number of likely N-dealkylation sites (tertiary alicyclic amines) is 1. The number of nitrogens with zero attached hydrogens (tertiary/aromatic N) is 2. The maximum absolute atomic E-state index is 12.6. The van der Waals surface area contributed by atoms with Crippen LogP contribution < -0.4 is 4.90 Å². The summed E-state index contributed by atoms with van der Waals surface area (Å²) in [7, 11) is 0. The Morgan fingerprint density at radius 1 is 1.14 bits per heavy atom. The molecule has 2 fully saturated rings. The number of rotatable bonds is 4. The minimum absolute atomic E-state index is 0.203. The maximum Gasteiger partial charge on any atom is 0.416 e. The Bertz CT molecular complexity index is 503. The smallest absolute Gasteiger partial charge is 0.396 e. The summed E-state index contributed by atoms with van der Waals surface area (Å²) in [6, 6.07) is 5.89. The van der Waals surface area contributed by atoms with E-state index in [-0.39, 0.29) is 6.61 Å². The fourth-order valence-corrected chi connectivity index (χ4v) is 3.69. The predicted octanol–water partition coefficient (Wildman–Crippen LogP) is 2.60. The van der Waals surface area contributed by atoms with Crippen LogP contribution in [0.4, 0.5) is 18.9 Å². The predicted molar refractivity (Wildman–Crippen MR) is 78.8 cm³/mol. The zero-order valence-electron chi connectivity index (χ0n) is 12.4. The zero-order chi connectivity index (χ0) is 15.7. The molecule has 2 saturated heterocycles. The molecular weight excluding hydrogens is 293 g/mol. The van der Waals surface area contributed by atoms with E-state index < -0.39 is 11.7 Å². The van der Waals surface area contributed by atoms with E-state index in [1.54, 1.807) is 12.1 Å². The molecule has 0 saturated carbocycles. The van der Waals surface area contributed by atoms with Crippen molar-refractivity contribution in [1.29, 1.82) is 0 Å². The Hall–Kier alpha value is -1.27. The lowest BCUT2D eigenvalue weighted by molar-refractivity contribution is -0.137. The van der Waals surface area contributed by atoms with Crippen molar-refractivity contribution >= 4 is 5.69 Å². The highest BCUT2D eigenvalue weighted by molar-refractivity contribution is 5.50. The van der Waals surface area contributed by atoms with Crippen molar-refractivity contribution in [3.8, 4) is 0 Å². The van der Waals surface area contributed by atoms with Gasteiger partial charge >= 0.3 is 6.18 Å². The number of benzene rings is 1. The summed E-state index contributed by atoms with van der Waals surface area (Å²) < 4.78 is 37.9. The van der Waals surface area contributed by atoms with Gasteiger partial charge in [-0.2, -0.15) is 13.2 Å². The highest BCUT2D eigenvalue weighted by atomic mass is 19.4. The van der Waals surface area contributed by atoms with Gasteiger partial charge in [-0.15, -0.1) is 0 Å². The van der Waals surface area contributed by atoms with Crippen molar-refractivity contribution in [1.82, 2.24) is 4.90 Å².